The summed E-state index contributed by atoms with van der Waals surface area (Å²) in [4.78, 5) is 6.47. The highest BCUT2D eigenvalue weighted by Crippen LogP contribution is 2.41. The molecule has 0 radical (unpaired) electrons. The molecule has 0 spiro atoms. The molecule has 0 saturated carbocycles. The van der Waals surface area contributed by atoms with Crippen LogP contribution in [0.3, 0.4) is 0 Å². The van der Waals surface area contributed by atoms with Crippen molar-refractivity contribution in [2.45, 2.75) is 45.4 Å². The molecular formula is C19H21ClN4O. The van der Waals surface area contributed by atoms with Crippen molar-refractivity contribution in [2.24, 2.45) is 5.10 Å². The van der Waals surface area contributed by atoms with E-state index < -0.39 is 5.60 Å². The zero-order valence-corrected chi connectivity index (χ0v) is 15.3. The number of hydrogen-bond acceptors (Lipinski definition) is 5. The van der Waals surface area contributed by atoms with Gasteiger partial charge >= 0.3 is 0 Å². The Hall–Kier alpha value is -2.11. The molecule has 0 fully saturated rings. The van der Waals surface area contributed by atoms with Crippen LogP contribution in [0.1, 0.15) is 38.3 Å². The third-order valence-electron chi connectivity index (χ3n) is 4.88. The number of pyridine rings is 1. The number of amidine groups is 1. The molecule has 0 aliphatic carbocycles. The van der Waals surface area contributed by atoms with Gasteiger partial charge < -0.3 is 10.0 Å². The lowest BCUT2D eigenvalue weighted by Crippen LogP contribution is -2.43. The van der Waals surface area contributed by atoms with Crippen molar-refractivity contribution >= 4 is 23.1 Å². The molecule has 1 atom stereocenters. The molecule has 130 valence electrons. The fourth-order valence-electron chi connectivity index (χ4n) is 3.52. The second kappa shape index (κ2) is 5.71. The smallest absolute Gasteiger partial charge is 0.127 e. The minimum absolute atomic E-state index is 0.191. The second-order valence-corrected chi connectivity index (χ2v) is 7.61. The van der Waals surface area contributed by atoms with E-state index in [0.717, 1.165) is 41.1 Å². The number of nitrogens with one attached hydrogen (secondary N) is 1. The summed E-state index contributed by atoms with van der Waals surface area (Å²) in [5.74, 6) is 0.936. The van der Waals surface area contributed by atoms with Crippen LogP contribution in [0.2, 0.25) is 5.02 Å². The van der Waals surface area contributed by atoms with Gasteiger partial charge in [-0.1, -0.05) is 11.6 Å². The molecule has 0 amide bonds. The van der Waals surface area contributed by atoms with E-state index in [0.29, 0.717) is 5.02 Å². The van der Waals surface area contributed by atoms with Gasteiger partial charge in [0.15, 0.2) is 0 Å². The molecule has 0 saturated heterocycles. The van der Waals surface area contributed by atoms with Crippen LogP contribution in [0.25, 0.3) is 11.1 Å². The van der Waals surface area contributed by atoms with Gasteiger partial charge in [-0.05, 0) is 62.9 Å². The number of fused-ring (bicyclic) bond motifs is 3. The van der Waals surface area contributed by atoms with E-state index >= 15 is 0 Å². The van der Waals surface area contributed by atoms with E-state index in [1.54, 1.807) is 20.0 Å². The topological polar surface area (TPSA) is 60.8 Å². The molecule has 2 aliphatic heterocycles. The van der Waals surface area contributed by atoms with Gasteiger partial charge in [0.2, 0.25) is 0 Å². The summed E-state index contributed by atoms with van der Waals surface area (Å²) in [6.07, 6.45) is 5.62. The van der Waals surface area contributed by atoms with Crippen LogP contribution in [0.5, 0.6) is 0 Å². The summed E-state index contributed by atoms with van der Waals surface area (Å²) in [5, 5.41) is 15.3. The van der Waals surface area contributed by atoms with E-state index in [9.17, 15) is 5.11 Å². The van der Waals surface area contributed by atoms with Crippen LogP contribution in [-0.2, 0) is 12.0 Å². The van der Waals surface area contributed by atoms with Crippen LogP contribution >= 0.6 is 11.6 Å². The van der Waals surface area contributed by atoms with Crippen molar-refractivity contribution in [1.82, 2.24) is 10.4 Å². The molecule has 1 aromatic carbocycles. The number of anilines is 1. The second-order valence-electron chi connectivity index (χ2n) is 7.20. The molecule has 1 unspecified atom stereocenters. The Balaban J connectivity index is 1.80. The first-order valence-electron chi connectivity index (χ1n) is 8.44. The van der Waals surface area contributed by atoms with Crippen LogP contribution < -0.4 is 10.3 Å². The van der Waals surface area contributed by atoms with E-state index in [-0.39, 0.29) is 6.17 Å². The average molecular weight is 357 g/mol. The number of benzene rings is 1. The predicted octanol–water partition coefficient (Wildman–Crippen LogP) is 3.64. The van der Waals surface area contributed by atoms with Crippen LogP contribution in [0.15, 0.2) is 35.7 Å². The van der Waals surface area contributed by atoms with Gasteiger partial charge in [-0.3, -0.25) is 10.4 Å². The third kappa shape index (κ3) is 2.77. The van der Waals surface area contributed by atoms with Gasteiger partial charge in [0.25, 0.3) is 0 Å². The van der Waals surface area contributed by atoms with Gasteiger partial charge in [-0.15, -0.1) is 0 Å². The van der Waals surface area contributed by atoms with Gasteiger partial charge in [0.05, 0.1) is 16.3 Å². The highest BCUT2D eigenvalue weighted by Gasteiger charge is 2.33. The average Bonchev–Trinajstić information content (AvgIpc) is 2.95. The molecule has 25 heavy (non-hydrogen) atoms. The number of aliphatic hydroxyl groups is 1. The molecule has 5 nitrogen and oxygen atoms in total. The first kappa shape index (κ1) is 16.4. The Kier molecular flexibility index (Phi) is 3.74. The minimum atomic E-state index is -0.928. The van der Waals surface area contributed by atoms with Crippen molar-refractivity contribution in [3.63, 3.8) is 0 Å². The van der Waals surface area contributed by atoms with Crippen molar-refractivity contribution in [1.29, 1.82) is 0 Å². The normalized spacial score (nSPS) is 19.2. The standard InChI is InChI=1S/C19H21ClN4O/c1-11-22-23-17-5-4-12-6-13(8-16(20)18(12)24(11)17)14-7-15(10-21-9-14)19(2,3)25/h6-10,17,23,25H,4-5H2,1-3H3. The summed E-state index contributed by atoms with van der Waals surface area (Å²) in [6.45, 7) is 5.51. The fraction of sp³-hybridized carbons (Fsp3) is 0.368. The summed E-state index contributed by atoms with van der Waals surface area (Å²) >= 11 is 6.66. The van der Waals surface area contributed by atoms with Crippen LogP contribution in [0, 0.1) is 0 Å². The predicted molar refractivity (Wildman–Crippen MR) is 101 cm³/mol. The Labute approximate surface area is 152 Å². The molecule has 2 aromatic rings. The summed E-state index contributed by atoms with van der Waals surface area (Å²) in [6, 6.07) is 6.12. The zero-order chi connectivity index (χ0) is 17.8. The Bertz CT molecular complexity index is 872. The first-order chi connectivity index (χ1) is 11.8. The lowest BCUT2D eigenvalue weighted by atomic mass is 9.93. The number of aryl methyl sites for hydroxylation is 1. The van der Waals surface area contributed by atoms with E-state index in [2.05, 4.69) is 26.5 Å². The maximum Gasteiger partial charge on any atom is 0.127 e. The minimum Gasteiger partial charge on any atom is -0.386 e. The van der Waals surface area contributed by atoms with Crippen molar-refractivity contribution < 1.29 is 5.11 Å². The van der Waals surface area contributed by atoms with E-state index in [1.165, 1.54) is 5.56 Å². The molecule has 4 rings (SSSR count). The number of hydrogen-bond donors (Lipinski definition) is 2. The molecule has 0 bridgehead atoms. The van der Waals surface area contributed by atoms with Crippen LogP contribution in [-0.4, -0.2) is 22.1 Å². The lowest BCUT2D eigenvalue weighted by molar-refractivity contribution is 0.0783. The number of rotatable bonds is 2. The monoisotopic (exact) mass is 356 g/mol. The number of halogens is 1. The van der Waals surface area contributed by atoms with Gasteiger partial charge in [-0.2, -0.15) is 5.10 Å². The molecule has 6 heteroatoms. The Morgan fingerprint density at radius 3 is 2.80 bits per heavy atom. The highest BCUT2D eigenvalue weighted by atomic mass is 35.5. The Morgan fingerprint density at radius 1 is 1.24 bits per heavy atom. The van der Waals surface area contributed by atoms with Gasteiger partial charge in [0.1, 0.15) is 12.0 Å². The van der Waals surface area contributed by atoms with Crippen LogP contribution in [0.4, 0.5) is 5.69 Å². The van der Waals surface area contributed by atoms with Gasteiger partial charge in [-0.25, -0.2) is 0 Å². The number of nitrogens with zero attached hydrogens (tertiary/aromatic N) is 3. The maximum atomic E-state index is 10.2. The summed E-state index contributed by atoms with van der Waals surface area (Å²) in [7, 11) is 0. The van der Waals surface area contributed by atoms with Crippen molar-refractivity contribution in [3.8, 4) is 11.1 Å². The molecular weight excluding hydrogens is 336 g/mol. The number of aromatic nitrogens is 1. The quantitative estimate of drug-likeness (QED) is 0.862. The summed E-state index contributed by atoms with van der Waals surface area (Å²) in [5.41, 5.74) is 7.25. The van der Waals surface area contributed by atoms with E-state index in [4.69, 9.17) is 11.6 Å². The number of hydrazone groups is 1. The molecule has 2 aliphatic rings. The maximum absolute atomic E-state index is 10.2. The summed E-state index contributed by atoms with van der Waals surface area (Å²) < 4.78 is 0. The molecule has 1 aromatic heterocycles. The third-order valence-corrected chi connectivity index (χ3v) is 5.17. The van der Waals surface area contributed by atoms with Crippen molar-refractivity contribution in [3.05, 3.63) is 46.7 Å². The molecule has 3 heterocycles. The molecule has 2 N–H and O–H groups in total. The lowest BCUT2D eigenvalue weighted by Gasteiger charge is -2.34. The zero-order valence-electron chi connectivity index (χ0n) is 14.5. The first-order valence-corrected chi connectivity index (χ1v) is 8.82. The van der Waals surface area contributed by atoms with Crippen molar-refractivity contribution in [2.75, 3.05) is 4.90 Å². The highest BCUT2D eigenvalue weighted by molar-refractivity contribution is 6.34. The SMILES string of the molecule is CC1=NNC2CCc3cc(-c4cncc(C(C)(C)O)c4)cc(Cl)c3N12. The Morgan fingerprint density at radius 2 is 2.04 bits per heavy atom. The fourth-order valence-corrected chi connectivity index (χ4v) is 3.85. The van der Waals surface area contributed by atoms with Gasteiger partial charge in [0, 0.05) is 23.5 Å². The van der Waals surface area contributed by atoms with E-state index in [1.807, 2.05) is 25.3 Å². The largest absolute Gasteiger partial charge is 0.386 e.